The molecule has 39 heavy (non-hydrogen) atoms. The van der Waals surface area contributed by atoms with Crippen LogP contribution in [0, 0.1) is 6.92 Å². The maximum Gasteiger partial charge on any atom is 0.244 e. The van der Waals surface area contributed by atoms with Crippen molar-refractivity contribution in [2.45, 2.75) is 52.2 Å². The van der Waals surface area contributed by atoms with Gasteiger partial charge in [-0.05, 0) is 66.9 Å². The smallest absolute Gasteiger partial charge is 0.244 e. The number of benzene rings is 3. The highest BCUT2D eigenvalue weighted by Crippen LogP contribution is 2.28. The molecule has 1 atom stereocenters. The lowest BCUT2D eigenvalue weighted by Crippen LogP contribution is -2.56. The maximum atomic E-state index is 14.1. The number of hydrogen-bond donors (Lipinski definition) is 1. The van der Waals surface area contributed by atoms with Crippen molar-refractivity contribution in [3.63, 3.8) is 0 Å². The van der Waals surface area contributed by atoms with Gasteiger partial charge in [0, 0.05) is 23.0 Å². The van der Waals surface area contributed by atoms with Gasteiger partial charge in [0.1, 0.15) is 12.6 Å². The standard InChI is InChI=1S/C30H36BrN3O4S/c1-22-15-17-24(18-16-22)20-33(27(29(36)32-30(2,3)4)19-23-11-7-6-8-12-23)28(35)21-34(39(5,37)38)26-14-10-9-13-25(26)31/h6-18,27H,19-21H2,1-5H3,(H,32,36). The molecule has 0 aromatic heterocycles. The van der Waals surface area contributed by atoms with E-state index in [9.17, 15) is 18.0 Å². The lowest BCUT2D eigenvalue weighted by Gasteiger charge is -2.35. The molecular weight excluding hydrogens is 578 g/mol. The molecule has 0 spiro atoms. The minimum Gasteiger partial charge on any atom is -0.350 e. The van der Waals surface area contributed by atoms with Crippen LogP contribution in [0.3, 0.4) is 0 Å². The summed E-state index contributed by atoms with van der Waals surface area (Å²) in [5, 5.41) is 3.02. The molecule has 1 unspecified atom stereocenters. The van der Waals surface area contributed by atoms with Gasteiger partial charge in [-0.15, -0.1) is 0 Å². The Labute approximate surface area is 240 Å². The molecule has 9 heteroatoms. The number of rotatable bonds is 10. The number of sulfonamides is 1. The van der Waals surface area contributed by atoms with Gasteiger partial charge in [-0.2, -0.15) is 0 Å². The van der Waals surface area contributed by atoms with Crippen LogP contribution < -0.4 is 9.62 Å². The molecule has 0 aliphatic rings. The number of halogens is 1. The first-order valence-electron chi connectivity index (χ1n) is 12.7. The van der Waals surface area contributed by atoms with Crippen LogP contribution in [-0.4, -0.2) is 49.5 Å². The highest BCUT2D eigenvalue weighted by molar-refractivity contribution is 9.10. The second-order valence-corrected chi connectivity index (χ2v) is 13.4. The Balaban J connectivity index is 2.08. The Bertz CT molecular complexity index is 1390. The lowest BCUT2D eigenvalue weighted by atomic mass is 10.0. The molecule has 3 aromatic rings. The van der Waals surface area contributed by atoms with Gasteiger partial charge in [0.05, 0.1) is 11.9 Å². The molecule has 0 saturated carbocycles. The Hall–Kier alpha value is -3.17. The Morgan fingerprint density at radius 2 is 1.49 bits per heavy atom. The van der Waals surface area contributed by atoms with E-state index < -0.39 is 34.1 Å². The third-order valence-corrected chi connectivity index (χ3v) is 7.84. The van der Waals surface area contributed by atoms with E-state index in [-0.39, 0.29) is 18.9 Å². The zero-order chi connectivity index (χ0) is 28.8. The van der Waals surface area contributed by atoms with E-state index in [2.05, 4.69) is 21.2 Å². The molecule has 0 heterocycles. The molecule has 2 amide bonds. The Morgan fingerprint density at radius 1 is 0.897 bits per heavy atom. The summed E-state index contributed by atoms with van der Waals surface area (Å²) >= 11 is 3.41. The van der Waals surface area contributed by atoms with E-state index in [0.717, 1.165) is 27.3 Å². The van der Waals surface area contributed by atoms with Crippen molar-refractivity contribution < 1.29 is 18.0 Å². The topological polar surface area (TPSA) is 86.8 Å². The predicted octanol–water partition coefficient (Wildman–Crippen LogP) is 5.08. The molecule has 0 bridgehead atoms. The van der Waals surface area contributed by atoms with Crippen molar-refractivity contribution >= 4 is 43.5 Å². The summed E-state index contributed by atoms with van der Waals surface area (Å²) < 4.78 is 27.4. The van der Waals surface area contributed by atoms with Gasteiger partial charge in [0.25, 0.3) is 0 Å². The second-order valence-electron chi connectivity index (χ2n) is 10.7. The number of para-hydroxylation sites is 1. The molecule has 1 N–H and O–H groups in total. The molecule has 3 aromatic carbocycles. The van der Waals surface area contributed by atoms with Gasteiger partial charge in [-0.3, -0.25) is 13.9 Å². The number of hydrogen-bond acceptors (Lipinski definition) is 4. The predicted molar refractivity (Wildman–Crippen MR) is 160 cm³/mol. The van der Waals surface area contributed by atoms with E-state index in [1.807, 2.05) is 82.3 Å². The average molecular weight is 615 g/mol. The summed E-state index contributed by atoms with van der Waals surface area (Å²) in [5.74, 6) is -0.791. The van der Waals surface area contributed by atoms with Gasteiger partial charge in [0.15, 0.2) is 0 Å². The third kappa shape index (κ3) is 8.93. The van der Waals surface area contributed by atoms with E-state index >= 15 is 0 Å². The van der Waals surface area contributed by atoms with Crippen LogP contribution in [0.4, 0.5) is 5.69 Å². The monoisotopic (exact) mass is 613 g/mol. The maximum absolute atomic E-state index is 14.1. The van der Waals surface area contributed by atoms with Crippen LogP contribution >= 0.6 is 15.9 Å². The van der Waals surface area contributed by atoms with Gasteiger partial charge >= 0.3 is 0 Å². The van der Waals surface area contributed by atoms with Crippen molar-refractivity contribution in [3.8, 4) is 0 Å². The minimum atomic E-state index is -3.83. The number of amides is 2. The van der Waals surface area contributed by atoms with Crippen LogP contribution in [0.1, 0.15) is 37.5 Å². The summed E-state index contributed by atoms with van der Waals surface area (Å²) in [5.41, 5.74) is 2.61. The first-order valence-corrected chi connectivity index (χ1v) is 15.3. The van der Waals surface area contributed by atoms with Crippen molar-refractivity contribution in [2.75, 3.05) is 17.1 Å². The third-order valence-electron chi connectivity index (χ3n) is 6.04. The number of nitrogens with one attached hydrogen (secondary N) is 1. The van der Waals surface area contributed by atoms with E-state index in [1.54, 1.807) is 24.3 Å². The first-order chi connectivity index (χ1) is 18.2. The molecule has 0 fully saturated rings. The average Bonchev–Trinajstić information content (AvgIpc) is 2.85. The van der Waals surface area contributed by atoms with Gasteiger partial charge in [-0.25, -0.2) is 8.42 Å². The lowest BCUT2D eigenvalue weighted by molar-refractivity contribution is -0.140. The van der Waals surface area contributed by atoms with Crippen molar-refractivity contribution in [2.24, 2.45) is 0 Å². The fourth-order valence-electron chi connectivity index (χ4n) is 4.15. The molecule has 3 rings (SSSR count). The fraction of sp³-hybridized carbons (Fsp3) is 0.333. The van der Waals surface area contributed by atoms with Crippen LogP contribution in [0.15, 0.2) is 83.3 Å². The Kier molecular flexibility index (Phi) is 9.96. The zero-order valence-corrected chi connectivity index (χ0v) is 25.4. The normalized spacial score (nSPS) is 12.5. The minimum absolute atomic E-state index is 0.141. The quantitative estimate of drug-likeness (QED) is 0.345. The molecule has 0 aliphatic carbocycles. The second kappa shape index (κ2) is 12.8. The zero-order valence-electron chi connectivity index (χ0n) is 23.0. The van der Waals surface area contributed by atoms with Crippen LogP contribution in [-0.2, 0) is 32.6 Å². The molecule has 7 nitrogen and oxygen atoms in total. The fourth-order valence-corrected chi connectivity index (χ4v) is 5.62. The van der Waals surface area contributed by atoms with Crippen molar-refractivity contribution in [3.05, 3.63) is 100 Å². The number of carbonyl (C=O) groups is 2. The SMILES string of the molecule is Cc1ccc(CN(C(=O)CN(c2ccccc2Br)S(C)(=O)=O)C(Cc2ccccc2)C(=O)NC(C)(C)C)cc1. The number of anilines is 1. The largest absolute Gasteiger partial charge is 0.350 e. The van der Waals surface area contributed by atoms with Crippen LogP contribution in [0.2, 0.25) is 0 Å². The number of aryl methyl sites for hydroxylation is 1. The van der Waals surface area contributed by atoms with Gasteiger partial charge in [0.2, 0.25) is 21.8 Å². The van der Waals surface area contributed by atoms with Crippen LogP contribution in [0.25, 0.3) is 0 Å². The summed E-state index contributed by atoms with van der Waals surface area (Å²) in [6.07, 6.45) is 1.34. The summed E-state index contributed by atoms with van der Waals surface area (Å²) in [4.78, 5) is 29.3. The molecule has 208 valence electrons. The summed E-state index contributed by atoms with van der Waals surface area (Å²) in [6.45, 7) is 7.31. The first kappa shape index (κ1) is 30.4. The van der Waals surface area contributed by atoms with E-state index in [1.165, 1.54) is 4.90 Å². The summed E-state index contributed by atoms with van der Waals surface area (Å²) in [7, 11) is -3.83. The molecular formula is C30H36BrN3O4S. The number of nitrogens with zero attached hydrogens (tertiary/aromatic N) is 2. The van der Waals surface area contributed by atoms with Crippen molar-refractivity contribution in [1.29, 1.82) is 0 Å². The number of carbonyl (C=O) groups excluding carboxylic acids is 2. The molecule has 0 aliphatic heterocycles. The highest BCUT2D eigenvalue weighted by Gasteiger charge is 2.34. The van der Waals surface area contributed by atoms with Gasteiger partial charge < -0.3 is 10.2 Å². The van der Waals surface area contributed by atoms with E-state index in [0.29, 0.717) is 10.2 Å². The van der Waals surface area contributed by atoms with E-state index in [4.69, 9.17) is 0 Å². The Morgan fingerprint density at radius 3 is 2.05 bits per heavy atom. The van der Waals surface area contributed by atoms with Crippen molar-refractivity contribution in [1.82, 2.24) is 10.2 Å². The molecule has 0 radical (unpaired) electrons. The summed E-state index contributed by atoms with van der Waals surface area (Å²) in [6, 6.07) is 23.2. The van der Waals surface area contributed by atoms with Crippen LogP contribution in [0.5, 0.6) is 0 Å². The molecule has 0 saturated heterocycles. The highest BCUT2D eigenvalue weighted by atomic mass is 79.9. The van der Waals surface area contributed by atoms with Gasteiger partial charge in [-0.1, -0.05) is 72.3 Å².